The van der Waals surface area contributed by atoms with Crippen molar-refractivity contribution in [1.29, 1.82) is 0 Å². The van der Waals surface area contributed by atoms with Gasteiger partial charge in [-0.2, -0.15) is 0 Å². The molecule has 2 rings (SSSR count). The van der Waals surface area contributed by atoms with Crippen LogP contribution < -0.4 is 16.0 Å². The molecule has 0 bridgehead atoms. The standard InChI is InChI=1S/C19H25N3O5/c1-4-11(2)14-7-5-6-8-15(14)22-10-13(9-16(22)23)18(25)27-12(3)17(24)21-19(20)26/h5-8,11-13H,4,9-10H2,1-3H3,(H3,20,21,24,26)/t11-,12-,13+/m0/s1. The number of primary amides is 1. The van der Waals surface area contributed by atoms with E-state index in [-0.39, 0.29) is 24.8 Å². The summed E-state index contributed by atoms with van der Waals surface area (Å²) in [6, 6.07) is 6.62. The van der Waals surface area contributed by atoms with Crippen LogP contribution in [0, 0.1) is 5.92 Å². The molecule has 4 amide bonds. The summed E-state index contributed by atoms with van der Waals surface area (Å²) in [5.41, 5.74) is 6.72. The molecule has 1 saturated heterocycles. The Morgan fingerprint density at radius 2 is 1.96 bits per heavy atom. The van der Waals surface area contributed by atoms with Crippen LogP contribution in [0.5, 0.6) is 0 Å². The van der Waals surface area contributed by atoms with E-state index in [4.69, 9.17) is 10.5 Å². The maximum Gasteiger partial charge on any atom is 0.318 e. The van der Waals surface area contributed by atoms with E-state index in [1.807, 2.05) is 29.6 Å². The van der Waals surface area contributed by atoms with Crippen LogP contribution in [0.4, 0.5) is 10.5 Å². The van der Waals surface area contributed by atoms with Crippen molar-refractivity contribution in [3.63, 3.8) is 0 Å². The molecule has 3 N–H and O–H groups in total. The molecule has 1 heterocycles. The van der Waals surface area contributed by atoms with Gasteiger partial charge >= 0.3 is 12.0 Å². The molecule has 0 saturated carbocycles. The Morgan fingerprint density at radius 1 is 1.30 bits per heavy atom. The van der Waals surface area contributed by atoms with Crippen molar-refractivity contribution in [2.45, 2.75) is 45.6 Å². The topological polar surface area (TPSA) is 119 Å². The summed E-state index contributed by atoms with van der Waals surface area (Å²) in [6.07, 6.45) is -0.240. The van der Waals surface area contributed by atoms with E-state index >= 15 is 0 Å². The number of carbonyl (C=O) groups excluding carboxylic acids is 4. The lowest BCUT2D eigenvalue weighted by atomic mass is 9.96. The Bertz CT molecular complexity index is 749. The van der Waals surface area contributed by atoms with Gasteiger partial charge in [0.15, 0.2) is 6.10 Å². The zero-order valence-electron chi connectivity index (χ0n) is 15.7. The number of imide groups is 1. The first-order chi connectivity index (χ1) is 12.7. The molecule has 1 aliphatic heterocycles. The molecule has 0 spiro atoms. The van der Waals surface area contributed by atoms with Gasteiger partial charge in [0.1, 0.15) is 0 Å². The Kier molecular flexibility index (Phi) is 6.55. The molecular weight excluding hydrogens is 350 g/mol. The van der Waals surface area contributed by atoms with Crippen molar-refractivity contribution < 1.29 is 23.9 Å². The zero-order valence-corrected chi connectivity index (χ0v) is 15.7. The summed E-state index contributed by atoms with van der Waals surface area (Å²) in [4.78, 5) is 48.8. The predicted octanol–water partition coefficient (Wildman–Crippen LogP) is 1.68. The fraction of sp³-hybridized carbons (Fsp3) is 0.474. The van der Waals surface area contributed by atoms with Gasteiger partial charge in [-0.3, -0.25) is 19.7 Å². The minimum Gasteiger partial charge on any atom is -0.452 e. The number of esters is 1. The summed E-state index contributed by atoms with van der Waals surface area (Å²) in [6.45, 7) is 5.69. The number of nitrogens with zero attached hydrogens (tertiary/aromatic N) is 1. The monoisotopic (exact) mass is 375 g/mol. The Labute approximate surface area is 158 Å². The van der Waals surface area contributed by atoms with Crippen LogP contribution in [0.3, 0.4) is 0 Å². The molecule has 0 radical (unpaired) electrons. The van der Waals surface area contributed by atoms with Crippen LogP contribution in [0.15, 0.2) is 24.3 Å². The first kappa shape index (κ1) is 20.4. The largest absolute Gasteiger partial charge is 0.452 e. The maximum atomic E-state index is 12.5. The van der Waals surface area contributed by atoms with Crippen molar-refractivity contribution in [2.75, 3.05) is 11.4 Å². The Hall–Kier alpha value is -2.90. The molecule has 0 aromatic heterocycles. The number of amides is 4. The number of anilines is 1. The van der Waals surface area contributed by atoms with Crippen LogP contribution in [0.1, 0.15) is 45.1 Å². The zero-order chi connectivity index (χ0) is 20.1. The highest BCUT2D eigenvalue weighted by molar-refractivity contribution is 6.01. The number of nitrogens with two attached hydrogens (primary N) is 1. The van der Waals surface area contributed by atoms with E-state index in [9.17, 15) is 19.2 Å². The van der Waals surface area contributed by atoms with E-state index < -0.39 is 29.9 Å². The second-order valence-corrected chi connectivity index (χ2v) is 6.71. The smallest absolute Gasteiger partial charge is 0.318 e. The Balaban J connectivity index is 2.08. The molecule has 8 heteroatoms. The molecule has 8 nitrogen and oxygen atoms in total. The number of nitrogens with one attached hydrogen (secondary N) is 1. The summed E-state index contributed by atoms with van der Waals surface area (Å²) >= 11 is 0. The molecule has 1 aromatic rings. The van der Waals surface area contributed by atoms with Gasteiger partial charge in [-0.05, 0) is 30.9 Å². The summed E-state index contributed by atoms with van der Waals surface area (Å²) in [7, 11) is 0. The van der Waals surface area contributed by atoms with Gasteiger partial charge in [0.2, 0.25) is 5.91 Å². The van der Waals surface area contributed by atoms with Gasteiger partial charge in [0.05, 0.1) is 5.92 Å². The van der Waals surface area contributed by atoms with E-state index in [2.05, 4.69) is 13.8 Å². The van der Waals surface area contributed by atoms with Crippen LogP contribution in [0.2, 0.25) is 0 Å². The SMILES string of the molecule is CC[C@H](C)c1ccccc1N1C[C@H](C(=O)O[C@@H](C)C(=O)NC(N)=O)CC1=O. The van der Waals surface area contributed by atoms with Crippen molar-refractivity contribution in [3.05, 3.63) is 29.8 Å². The van der Waals surface area contributed by atoms with Gasteiger partial charge in [-0.15, -0.1) is 0 Å². The lowest BCUT2D eigenvalue weighted by Crippen LogP contribution is -2.42. The molecule has 1 aliphatic rings. The van der Waals surface area contributed by atoms with Gasteiger partial charge in [0, 0.05) is 18.7 Å². The van der Waals surface area contributed by atoms with Crippen molar-refractivity contribution in [3.8, 4) is 0 Å². The lowest BCUT2D eigenvalue weighted by Gasteiger charge is -2.23. The average molecular weight is 375 g/mol. The highest BCUT2D eigenvalue weighted by atomic mass is 16.5. The predicted molar refractivity (Wildman–Crippen MR) is 98.9 cm³/mol. The van der Waals surface area contributed by atoms with Crippen molar-refractivity contribution in [2.24, 2.45) is 11.7 Å². The van der Waals surface area contributed by atoms with E-state index in [1.54, 1.807) is 4.90 Å². The van der Waals surface area contributed by atoms with Crippen LogP contribution in [-0.2, 0) is 19.1 Å². The number of ether oxygens (including phenoxy) is 1. The molecular formula is C19H25N3O5. The second kappa shape index (κ2) is 8.66. The quantitative estimate of drug-likeness (QED) is 0.733. The van der Waals surface area contributed by atoms with Gasteiger partial charge in [0.25, 0.3) is 5.91 Å². The van der Waals surface area contributed by atoms with E-state index in [0.717, 1.165) is 17.7 Å². The number of benzene rings is 1. The molecule has 1 aromatic carbocycles. The third-order valence-electron chi connectivity index (χ3n) is 4.74. The number of urea groups is 1. The van der Waals surface area contributed by atoms with Crippen LogP contribution >= 0.6 is 0 Å². The molecule has 146 valence electrons. The molecule has 3 atom stereocenters. The van der Waals surface area contributed by atoms with Crippen LogP contribution in [-0.4, -0.2) is 36.5 Å². The normalized spacial score (nSPS) is 18.7. The third kappa shape index (κ3) is 4.84. The second-order valence-electron chi connectivity index (χ2n) is 6.71. The first-order valence-corrected chi connectivity index (χ1v) is 8.94. The minimum absolute atomic E-state index is 0.0117. The maximum absolute atomic E-state index is 12.5. The van der Waals surface area contributed by atoms with Gasteiger partial charge in [-0.1, -0.05) is 32.0 Å². The molecule has 27 heavy (non-hydrogen) atoms. The number of para-hydroxylation sites is 1. The minimum atomic E-state index is -1.18. The van der Waals surface area contributed by atoms with Gasteiger partial charge < -0.3 is 15.4 Å². The number of hydrogen-bond acceptors (Lipinski definition) is 5. The van der Waals surface area contributed by atoms with Crippen molar-refractivity contribution in [1.82, 2.24) is 5.32 Å². The molecule has 0 unspecified atom stereocenters. The molecule has 1 fully saturated rings. The lowest BCUT2D eigenvalue weighted by molar-refractivity contribution is -0.158. The van der Waals surface area contributed by atoms with E-state index in [0.29, 0.717) is 0 Å². The summed E-state index contributed by atoms with van der Waals surface area (Å²) in [5.74, 6) is -2.02. The third-order valence-corrected chi connectivity index (χ3v) is 4.74. The Morgan fingerprint density at radius 3 is 2.59 bits per heavy atom. The molecule has 0 aliphatic carbocycles. The number of hydrogen-bond donors (Lipinski definition) is 2. The average Bonchev–Trinajstić information content (AvgIpc) is 3.02. The summed E-state index contributed by atoms with van der Waals surface area (Å²) < 4.78 is 5.09. The fourth-order valence-corrected chi connectivity index (χ4v) is 3.02. The summed E-state index contributed by atoms with van der Waals surface area (Å²) in [5, 5.41) is 1.85. The highest BCUT2D eigenvalue weighted by Crippen LogP contribution is 2.33. The first-order valence-electron chi connectivity index (χ1n) is 8.94. The number of rotatable bonds is 6. The fourth-order valence-electron chi connectivity index (χ4n) is 3.02. The van der Waals surface area contributed by atoms with Crippen LogP contribution in [0.25, 0.3) is 0 Å². The number of carbonyl (C=O) groups is 4. The van der Waals surface area contributed by atoms with Gasteiger partial charge in [-0.25, -0.2) is 4.79 Å². The van der Waals surface area contributed by atoms with Crippen molar-refractivity contribution >= 4 is 29.5 Å². The highest BCUT2D eigenvalue weighted by Gasteiger charge is 2.38. The van der Waals surface area contributed by atoms with E-state index in [1.165, 1.54) is 6.92 Å².